The van der Waals surface area contributed by atoms with Crippen molar-refractivity contribution in [3.05, 3.63) is 58.2 Å². The predicted octanol–water partition coefficient (Wildman–Crippen LogP) is 3.67. The zero-order valence-electron chi connectivity index (χ0n) is 21.4. The van der Waals surface area contributed by atoms with E-state index in [0.717, 1.165) is 84.5 Å². The second-order valence-electron chi connectivity index (χ2n) is 11.2. The molecule has 1 saturated heterocycles. The van der Waals surface area contributed by atoms with E-state index in [4.69, 9.17) is 4.74 Å². The van der Waals surface area contributed by atoms with Crippen LogP contribution in [0.1, 0.15) is 62.2 Å². The van der Waals surface area contributed by atoms with E-state index in [9.17, 15) is 14.4 Å². The first-order valence-electron chi connectivity index (χ1n) is 13.3. The number of benzene rings is 2. The zero-order chi connectivity index (χ0) is 25.6. The third-order valence-corrected chi connectivity index (χ3v) is 9.18. The van der Waals surface area contributed by atoms with Gasteiger partial charge in [-0.05, 0) is 72.4 Å². The van der Waals surface area contributed by atoms with Crippen LogP contribution in [0, 0.1) is 5.92 Å². The van der Waals surface area contributed by atoms with Gasteiger partial charge in [0.05, 0.1) is 6.10 Å². The Hall–Kier alpha value is -3.45. The topological polar surface area (TPSA) is 70.2 Å². The Morgan fingerprint density at radius 3 is 2.41 bits per heavy atom. The molecular weight excluding hydrogens is 466 g/mol. The van der Waals surface area contributed by atoms with Gasteiger partial charge in [0.2, 0.25) is 0 Å². The summed E-state index contributed by atoms with van der Waals surface area (Å²) in [4.78, 5) is 44.9. The Balaban J connectivity index is 1.56. The van der Waals surface area contributed by atoms with Gasteiger partial charge >= 0.3 is 0 Å². The molecule has 2 aromatic carbocycles. The van der Waals surface area contributed by atoms with Gasteiger partial charge < -0.3 is 14.5 Å². The number of rotatable bonds is 1. The van der Waals surface area contributed by atoms with E-state index in [-0.39, 0.29) is 30.6 Å². The number of carbonyl (C=O) groups excluding carboxylic acids is 3. The predicted molar refractivity (Wildman–Crippen MR) is 141 cm³/mol. The second kappa shape index (κ2) is 8.02. The van der Waals surface area contributed by atoms with Crippen LogP contribution in [0.25, 0.3) is 16.7 Å². The van der Waals surface area contributed by atoms with Gasteiger partial charge in [-0.1, -0.05) is 12.6 Å². The van der Waals surface area contributed by atoms with Crippen LogP contribution < -0.4 is 4.90 Å². The number of hydrogen-bond donors (Lipinski definition) is 0. The molecule has 3 amide bonds. The van der Waals surface area contributed by atoms with Crippen molar-refractivity contribution >= 4 is 29.0 Å². The summed E-state index contributed by atoms with van der Waals surface area (Å²) in [7, 11) is 3.34. The maximum atomic E-state index is 13.5. The van der Waals surface area contributed by atoms with Crippen LogP contribution >= 0.6 is 0 Å². The van der Waals surface area contributed by atoms with Crippen LogP contribution in [0.2, 0.25) is 0 Å². The Bertz CT molecular complexity index is 1420. The van der Waals surface area contributed by atoms with Crippen LogP contribution in [-0.2, 0) is 28.8 Å². The van der Waals surface area contributed by atoms with Gasteiger partial charge in [0.15, 0.2) is 0 Å². The highest BCUT2D eigenvalue weighted by atomic mass is 16.5. The minimum Gasteiger partial charge on any atom is -0.371 e. The molecule has 0 aromatic heterocycles. The van der Waals surface area contributed by atoms with Crippen molar-refractivity contribution in [2.24, 2.45) is 5.92 Å². The average Bonchev–Trinajstić information content (AvgIpc) is 3.43. The largest absolute Gasteiger partial charge is 0.371 e. The van der Waals surface area contributed by atoms with E-state index in [0.29, 0.717) is 22.6 Å². The SMILES string of the molecule is C=C1C(=O)N(C)C(=O)c2ccc3c(c21)CC[C@H]1Cc2c4c(cc(N5CCCC5)c2-3)C(=O)N(C)COC1C4. The van der Waals surface area contributed by atoms with Gasteiger partial charge in [0.1, 0.15) is 6.73 Å². The average molecular weight is 498 g/mol. The molecule has 7 rings (SSSR count). The molecule has 7 nitrogen and oxygen atoms in total. The molecule has 5 aliphatic rings. The lowest BCUT2D eigenvalue weighted by atomic mass is 9.70. The monoisotopic (exact) mass is 497 g/mol. The smallest absolute Gasteiger partial charge is 0.261 e. The molecule has 7 heteroatoms. The van der Waals surface area contributed by atoms with Gasteiger partial charge in [0, 0.05) is 67.1 Å². The highest BCUT2D eigenvalue weighted by Crippen LogP contribution is 2.49. The summed E-state index contributed by atoms with van der Waals surface area (Å²) in [5.74, 6) is -0.307. The Morgan fingerprint density at radius 1 is 0.865 bits per heavy atom. The summed E-state index contributed by atoms with van der Waals surface area (Å²) >= 11 is 0. The summed E-state index contributed by atoms with van der Waals surface area (Å²) < 4.78 is 6.31. The highest BCUT2D eigenvalue weighted by molar-refractivity contribution is 6.31. The summed E-state index contributed by atoms with van der Waals surface area (Å²) in [6.45, 7) is 6.35. The van der Waals surface area contributed by atoms with Gasteiger partial charge in [-0.15, -0.1) is 0 Å². The number of fused-ring (bicyclic) bond motifs is 7. The molecule has 3 aliphatic heterocycles. The van der Waals surface area contributed by atoms with Crippen molar-refractivity contribution in [3.8, 4) is 11.1 Å². The number of amides is 3. The number of likely N-dealkylation sites (N-methyl/N-ethyl adjacent to an activating group) is 1. The molecule has 0 N–H and O–H groups in total. The van der Waals surface area contributed by atoms with E-state index >= 15 is 0 Å². The first kappa shape index (κ1) is 22.7. The molecule has 3 heterocycles. The lowest BCUT2D eigenvalue weighted by molar-refractivity contribution is -0.121. The lowest BCUT2D eigenvalue weighted by Crippen LogP contribution is -2.43. The van der Waals surface area contributed by atoms with Gasteiger partial charge in [-0.3, -0.25) is 19.3 Å². The first-order valence-corrected chi connectivity index (χ1v) is 13.3. The van der Waals surface area contributed by atoms with Crippen LogP contribution in [0.5, 0.6) is 0 Å². The van der Waals surface area contributed by atoms with Crippen molar-refractivity contribution in [1.82, 2.24) is 9.80 Å². The molecule has 37 heavy (non-hydrogen) atoms. The quantitative estimate of drug-likeness (QED) is 0.444. The van der Waals surface area contributed by atoms with Gasteiger partial charge in [0.25, 0.3) is 17.7 Å². The van der Waals surface area contributed by atoms with Crippen molar-refractivity contribution in [2.45, 2.75) is 44.6 Å². The summed E-state index contributed by atoms with van der Waals surface area (Å²) in [6.07, 6.45) is 5.54. The lowest BCUT2D eigenvalue weighted by Gasteiger charge is -2.41. The third kappa shape index (κ3) is 3.13. The first-order chi connectivity index (χ1) is 17.8. The van der Waals surface area contributed by atoms with Crippen molar-refractivity contribution in [3.63, 3.8) is 0 Å². The number of nitrogens with zero attached hydrogens (tertiary/aromatic N) is 3. The van der Waals surface area contributed by atoms with Gasteiger partial charge in [-0.25, -0.2) is 0 Å². The maximum Gasteiger partial charge on any atom is 0.261 e. The summed E-state index contributed by atoms with van der Waals surface area (Å²) in [5.41, 5.74) is 9.16. The molecule has 2 atom stereocenters. The van der Waals surface area contributed by atoms with Crippen LogP contribution in [-0.4, -0.2) is 67.5 Å². The van der Waals surface area contributed by atoms with E-state index in [2.05, 4.69) is 23.6 Å². The van der Waals surface area contributed by atoms with E-state index in [1.807, 2.05) is 13.1 Å². The van der Waals surface area contributed by atoms with Crippen LogP contribution in [0.4, 0.5) is 5.69 Å². The zero-order valence-corrected chi connectivity index (χ0v) is 21.4. The summed E-state index contributed by atoms with van der Waals surface area (Å²) in [6, 6.07) is 6.06. The third-order valence-electron chi connectivity index (χ3n) is 9.18. The molecule has 0 spiro atoms. The highest BCUT2D eigenvalue weighted by Gasteiger charge is 2.41. The minimum absolute atomic E-state index is 0.00970. The standard InChI is InChI=1S/C30H31N3O4/c1-16-26-18-7-6-17-12-22-21-14-25(17)37-15-31(2)29(35)23(21)13-24(33-10-4-5-11-33)27(22)19(18)8-9-20(26)30(36)32(3)28(16)34/h8-9,13,17,25H,1,4-7,10-12,14-15H2,2-3H3/t17-,25?/m0/s1. The minimum atomic E-state index is -0.336. The van der Waals surface area contributed by atoms with E-state index < -0.39 is 0 Å². The number of anilines is 1. The molecule has 4 bridgehead atoms. The molecular formula is C30H31N3O4. The number of hydrogen-bond acceptors (Lipinski definition) is 5. The Kier molecular flexibility index (Phi) is 4.93. The fourth-order valence-electron chi connectivity index (χ4n) is 7.21. The van der Waals surface area contributed by atoms with Crippen molar-refractivity contribution < 1.29 is 19.1 Å². The van der Waals surface area contributed by atoms with Gasteiger partial charge in [-0.2, -0.15) is 0 Å². The Morgan fingerprint density at radius 2 is 1.62 bits per heavy atom. The molecule has 2 aromatic rings. The molecule has 1 fully saturated rings. The fourth-order valence-corrected chi connectivity index (χ4v) is 7.21. The normalized spacial score (nSPS) is 24.5. The molecule has 190 valence electrons. The number of ether oxygens (including phenoxy) is 1. The summed E-state index contributed by atoms with van der Waals surface area (Å²) in [5, 5.41) is 0. The van der Waals surface area contributed by atoms with Crippen molar-refractivity contribution in [2.75, 3.05) is 38.8 Å². The second-order valence-corrected chi connectivity index (χ2v) is 11.2. The molecule has 2 aliphatic carbocycles. The molecule has 1 unspecified atom stereocenters. The number of imide groups is 1. The molecule has 0 radical (unpaired) electrons. The maximum absolute atomic E-state index is 13.5. The molecule has 0 saturated carbocycles. The van der Waals surface area contributed by atoms with E-state index in [1.54, 1.807) is 4.90 Å². The van der Waals surface area contributed by atoms with Crippen LogP contribution in [0.15, 0.2) is 24.8 Å². The fraction of sp³-hybridized carbons (Fsp3) is 0.433. The van der Waals surface area contributed by atoms with E-state index in [1.165, 1.54) is 18.2 Å². The number of carbonyl (C=O) groups is 3. The van der Waals surface area contributed by atoms with Crippen LogP contribution in [0.3, 0.4) is 0 Å². The Labute approximate surface area is 216 Å². The van der Waals surface area contributed by atoms with Crippen molar-refractivity contribution in [1.29, 1.82) is 0 Å².